The van der Waals surface area contributed by atoms with Crippen molar-refractivity contribution in [2.24, 2.45) is 0 Å². The van der Waals surface area contributed by atoms with Crippen LogP contribution in [0.1, 0.15) is 26.3 Å². The van der Waals surface area contributed by atoms with Crippen molar-refractivity contribution in [2.45, 2.75) is 37.3 Å². The lowest BCUT2D eigenvalue weighted by Gasteiger charge is -2.37. The molecule has 21 heavy (non-hydrogen) atoms. The molecule has 2 rings (SSSR count). The van der Waals surface area contributed by atoms with E-state index in [4.69, 9.17) is 5.26 Å². The molecule has 1 aliphatic heterocycles. The third-order valence-corrected chi connectivity index (χ3v) is 4.88. The molecule has 4 nitrogen and oxygen atoms in total. The van der Waals surface area contributed by atoms with Gasteiger partial charge in [0.1, 0.15) is 0 Å². The minimum atomic E-state index is -0.147. The summed E-state index contributed by atoms with van der Waals surface area (Å²) in [6.07, 6.45) is 0. The molecular weight excluding hydrogens is 282 g/mol. The van der Waals surface area contributed by atoms with Crippen molar-refractivity contribution < 1.29 is 4.79 Å². The highest BCUT2D eigenvalue weighted by atomic mass is 32.2. The van der Waals surface area contributed by atoms with Crippen molar-refractivity contribution in [1.82, 2.24) is 4.90 Å². The maximum atomic E-state index is 12.4. The molecule has 1 heterocycles. The van der Waals surface area contributed by atoms with Crippen molar-refractivity contribution in [2.75, 3.05) is 18.4 Å². The zero-order chi connectivity index (χ0) is 15.4. The van der Waals surface area contributed by atoms with Crippen LogP contribution in [-0.4, -0.2) is 40.4 Å². The molecule has 0 radical (unpaired) electrons. The first-order valence-corrected chi connectivity index (χ1v) is 8.14. The van der Waals surface area contributed by atoms with Gasteiger partial charge in [0, 0.05) is 29.3 Å². The highest BCUT2D eigenvalue weighted by Gasteiger charge is 2.29. The standard InChI is InChI=1S/C16H21N3OS/c1-11-9-19(10-12(2)21-11)13(3)16(20)18-15-6-4-14(8-17)5-7-15/h4-7,11-13H,9-10H2,1-3H3,(H,18,20). The lowest BCUT2D eigenvalue weighted by molar-refractivity contribution is -0.120. The average molecular weight is 303 g/mol. The fraction of sp³-hybridized carbons (Fsp3) is 0.500. The zero-order valence-corrected chi connectivity index (χ0v) is 13.5. The van der Waals surface area contributed by atoms with E-state index in [1.54, 1.807) is 24.3 Å². The molecule has 1 fully saturated rings. The molecule has 1 aromatic rings. The minimum Gasteiger partial charge on any atom is -0.325 e. The Balaban J connectivity index is 1.97. The van der Waals surface area contributed by atoms with Crippen molar-refractivity contribution in [3.05, 3.63) is 29.8 Å². The predicted octanol–water partition coefficient (Wildman–Crippen LogP) is 2.71. The monoisotopic (exact) mass is 303 g/mol. The summed E-state index contributed by atoms with van der Waals surface area (Å²) in [6, 6.07) is 8.87. The SMILES string of the molecule is CC1CN(C(C)C(=O)Nc2ccc(C#N)cc2)CC(C)S1. The maximum absolute atomic E-state index is 12.4. The zero-order valence-electron chi connectivity index (χ0n) is 12.7. The molecule has 112 valence electrons. The second-order valence-corrected chi connectivity index (χ2v) is 7.45. The van der Waals surface area contributed by atoms with E-state index in [2.05, 4.69) is 30.1 Å². The number of carbonyl (C=O) groups excluding carboxylic acids is 1. The average Bonchev–Trinajstić information content (AvgIpc) is 2.46. The molecule has 1 N–H and O–H groups in total. The van der Waals surface area contributed by atoms with Crippen molar-refractivity contribution in [1.29, 1.82) is 5.26 Å². The maximum Gasteiger partial charge on any atom is 0.241 e. The van der Waals surface area contributed by atoms with E-state index in [1.807, 2.05) is 18.7 Å². The first kappa shape index (κ1) is 15.9. The van der Waals surface area contributed by atoms with Gasteiger partial charge in [-0.05, 0) is 31.2 Å². The van der Waals surface area contributed by atoms with Crippen LogP contribution in [0.25, 0.3) is 0 Å². The van der Waals surface area contributed by atoms with Gasteiger partial charge in [0.25, 0.3) is 0 Å². The Kier molecular flexibility index (Phi) is 5.27. The Morgan fingerprint density at radius 1 is 1.33 bits per heavy atom. The summed E-state index contributed by atoms with van der Waals surface area (Å²) in [5.74, 6) is 0.00556. The smallest absolute Gasteiger partial charge is 0.241 e. The first-order valence-electron chi connectivity index (χ1n) is 7.20. The van der Waals surface area contributed by atoms with Gasteiger partial charge in [0.2, 0.25) is 5.91 Å². The van der Waals surface area contributed by atoms with E-state index < -0.39 is 0 Å². The van der Waals surface area contributed by atoms with Crippen LogP contribution < -0.4 is 5.32 Å². The van der Waals surface area contributed by atoms with Crippen LogP contribution in [0.4, 0.5) is 5.69 Å². The fourth-order valence-electron chi connectivity index (χ4n) is 2.57. The van der Waals surface area contributed by atoms with Gasteiger partial charge >= 0.3 is 0 Å². The summed E-state index contributed by atoms with van der Waals surface area (Å²) in [6.45, 7) is 8.25. The normalized spacial score (nSPS) is 24.1. The Bertz CT molecular complexity index is 527. The number of hydrogen-bond donors (Lipinski definition) is 1. The molecular formula is C16H21N3OS. The number of nitrogens with zero attached hydrogens (tertiary/aromatic N) is 2. The molecule has 0 saturated carbocycles. The van der Waals surface area contributed by atoms with Gasteiger partial charge in [0.15, 0.2) is 0 Å². The molecule has 1 aliphatic rings. The van der Waals surface area contributed by atoms with Crippen molar-refractivity contribution >= 4 is 23.4 Å². The Hall–Kier alpha value is -1.51. The number of carbonyl (C=O) groups is 1. The summed E-state index contributed by atoms with van der Waals surface area (Å²) in [5.41, 5.74) is 1.33. The van der Waals surface area contributed by atoms with Gasteiger partial charge in [0.05, 0.1) is 17.7 Å². The predicted molar refractivity (Wildman–Crippen MR) is 87.3 cm³/mol. The first-order chi connectivity index (χ1) is 9.99. The van der Waals surface area contributed by atoms with Gasteiger partial charge in [-0.1, -0.05) is 13.8 Å². The highest BCUT2D eigenvalue weighted by molar-refractivity contribution is 8.00. The van der Waals surface area contributed by atoms with Gasteiger partial charge in [-0.15, -0.1) is 0 Å². The summed E-state index contributed by atoms with van der Waals surface area (Å²) in [5, 5.41) is 12.8. The molecule has 0 spiro atoms. The minimum absolute atomic E-state index is 0.00556. The molecule has 1 saturated heterocycles. The number of thioether (sulfide) groups is 1. The van der Waals surface area contributed by atoms with Gasteiger partial charge < -0.3 is 5.32 Å². The van der Waals surface area contributed by atoms with E-state index in [9.17, 15) is 4.79 Å². The molecule has 0 aliphatic carbocycles. The van der Waals surface area contributed by atoms with Crippen LogP contribution >= 0.6 is 11.8 Å². The second kappa shape index (κ2) is 6.97. The summed E-state index contributed by atoms with van der Waals surface area (Å²) in [4.78, 5) is 14.6. The van der Waals surface area contributed by atoms with Gasteiger partial charge in [-0.2, -0.15) is 17.0 Å². The molecule has 0 bridgehead atoms. The van der Waals surface area contributed by atoms with Crippen molar-refractivity contribution in [3.8, 4) is 6.07 Å². The molecule has 0 aromatic heterocycles. The topological polar surface area (TPSA) is 56.1 Å². The molecule has 3 unspecified atom stereocenters. The van der Waals surface area contributed by atoms with Crippen LogP contribution in [0.15, 0.2) is 24.3 Å². The number of nitrogens with one attached hydrogen (secondary N) is 1. The highest BCUT2D eigenvalue weighted by Crippen LogP contribution is 2.26. The number of amides is 1. The molecule has 1 aromatic carbocycles. The lowest BCUT2D eigenvalue weighted by atomic mass is 10.2. The summed E-state index contributed by atoms with van der Waals surface area (Å²) >= 11 is 1.98. The van der Waals surface area contributed by atoms with E-state index in [-0.39, 0.29) is 11.9 Å². The van der Waals surface area contributed by atoms with E-state index in [0.29, 0.717) is 16.1 Å². The fourth-order valence-corrected chi connectivity index (χ4v) is 3.92. The molecule has 1 amide bonds. The van der Waals surface area contributed by atoms with Gasteiger partial charge in [-0.3, -0.25) is 9.69 Å². The van der Waals surface area contributed by atoms with E-state index in [1.165, 1.54) is 0 Å². The van der Waals surface area contributed by atoms with Crippen LogP contribution in [-0.2, 0) is 4.79 Å². The molecule has 3 atom stereocenters. The number of hydrogen-bond acceptors (Lipinski definition) is 4. The number of rotatable bonds is 3. The third-order valence-electron chi connectivity index (χ3n) is 3.66. The Labute approximate surface area is 130 Å². The van der Waals surface area contributed by atoms with Gasteiger partial charge in [-0.25, -0.2) is 0 Å². The Morgan fingerprint density at radius 2 is 1.90 bits per heavy atom. The van der Waals surface area contributed by atoms with Crippen LogP contribution in [0.2, 0.25) is 0 Å². The third kappa shape index (κ3) is 4.23. The second-order valence-electron chi connectivity index (χ2n) is 5.57. The molecule has 5 heteroatoms. The van der Waals surface area contributed by atoms with E-state index >= 15 is 0 Å². The van der Waals surface area contributed by atoms with Crippen molar-refractivity contribution in [3.63, 3.8) is 0 Å². The quantitative estimate of drug-likeness (QED) is 0.933. The van der Waals surface area contributed by atoms with Crippen LogP contribution in [0.5, 0.6) is 0 Å². The van der Waals surface area contributed by atoms with Crippen LogP contribution in [0, 0.1) is 11.3 Å². The lowest BCUT2D eigenvalue weighted by Crippen LogP contribution is -2.49. The number of benzene rings is 1. The largest absolute Gasteiger partial charge is 0.325 e. The summed E-state index contributed by atoms with van der Waals surface area (Å²) in [7, 11) is 0. The Morgan fingerprint density at radius 3 is 2.43 bits per heavy atom. The van der Waals surface area contributed by atoms with E-state index in [0.717, 1.165) is 18.8 Å². The summed E-state index contributed by atoms with van der Waals surface area (Å²) < 4.78 is 0. The number of anilines is 1. The van der Waals surface area contributed by atoms with Crippen LogP contribution in [0.3, 0.4) is 0 Å². The number of nitriles is 1.